The zero-order chi connectivity index (χ0) is 16.3. The zero-order valence-electron chi connectivity index (χ0n) is 13.7. The quantitative estimate of drug-likeness (QED) is 0.750. The van der Waals surface area contributed by atoms with Crippen LogP contribution in [-0.4, -0.2) is 18.2 Å². The molecule has 21 heavy (non-hydrogen) atoms. The van der Waals surface area contributed by atoms with Crippen LogP contribution in [0.5, 0.6) is 0 Å². The molecular weight excluding hydrogens is 288 g/mol. The van der Waals surface area contributed by atoms with Crippen LogP contribution in [0.25, 0.3) is 0 Å². The first-order valence-electron chi connectivity index (χ1n) is 7.09. The normalized spacial score (nSPS) is 13.9. The molecule has 0 fully saturated rings. The molecule has 0 aliphatic heterocycles. The Morgan fingerprint density at radius 3 is 2.29 bits per heavy atom. The van der Waals surface area contributed by atoms with Crippen LogP contribution < -0.4 is 0 Å². The monoisotopic (exact) mass is 312 g/mol. The minimum absolute atomic E-state index is 0.174. The van der Waals surface area contributed by atoms with Crippen molar-refractivity contribution in [2.75, 3.05) is 6.61 Å². The largest absolute Gasteiger partial charge is 0.462 e. The molecular formula is C17H25ClO3. The van der Waals surface area contributed by atoms with E-state index < -0.39 is 5.41 Å². The number of hydrogen-bond acceptors (Lipinski definition) is 3. The summed E-state index contributed by atoms with van der Waals surface area (Å²) < 4.78 is 11.4. The van der Waals surface area contributed by atoms with Gasteiger partial charge in [0.25, 0.3) is 0 Å². The average Bonchev–Trinajstić information content (AvgIpc) is 2.31. The van der Waals surface area contributed by atoms with Crippen LogP contribution in [-0.2, 0) is 14.3 Å². The summed E-state index contributed by atoms with van der Waals surface area (Å²) in [5.74, 6) is -0.243. The molecule has 1 unspecified atom stereocenters. The van der Waals surface area contributed by atoms with E-state index in [2.05, 4.69) is 0 Å². The Labute approximate surface area is 132 Å². The van der Waals surface area contributed by atoms with E-state index in [1.54, 1.807) is 6.07 Å². The van der Waals surface area contributed by atoms with E-state index in [-0.39, 0.29) is 24.3 Å². The van der Waals surface area contributed by atoms with Crippen LogP contribution in [0.4, 0.5) is 0 Å². The minimum Gasteiger partial charge on any atom is -0.462 e. The Morgan fingerprint density at radius 1 is 1.19 bits per heavy atom. The molecule has 3 nitrogen and oxygen atoms in total. The van der Waals surface area contributed by atoms with Crippen LogP contribution in [0.2, 0.25) is 5.02 Å². The molecule has 0 aromatic heterocycles. The van der Waals surface area contributed by atoms with E-state index in [4.69, 9.17) is 21.1 Å². The summed E-state index contributed by atoms with van der Waals surface area (Å²) in [6.07, 6.45) is -0.338. The minimum atomic E-state index is -0.527. The molecule has 0 amide bonds. The summed E-state index contributed by atoms with van der Waals surface area (Å²) in [6, 6.07) is 7.43. The summed E-state index contributed by atoms with van der Waals surface area (Å²) in [4.78, 5) is 11.9. The Hall–Kier alpha value is -1.06. The van der Waals surface area contributed by atoms with Gasteiger partial charge in [-0.15, -0.1) is 0 Å². The second-order valence-corrected chi connectivity index (χ2v) is 7.56. The Bertz CT molecular complexity index is 484. The van der Waals surface area contributed by atoms with Crippen molar-refractivity contribution in [3.8, 4) is 0 Å². The number of hydrogen-bond donors (Lipinski definition) is 0. The van der Waals surface area contributed by atoms with Gasteiger partial charge in [-0.3, -0.25) is 4.79 Å². The van der Waals surface area contributed by atoms with E-state index in [0.29, 0.717) is 5.02 Å². The molecule has 0 N–H and O–H groups in total. The average molecular weight is 313 g/mol. The van der Waals surface area contributed by atoms with Crippen molar-refractivity contribution in [1.82, 2.24) is 0 Å². The standard InChI is InChI=1S/C17H25ClO3/c1-16(2,3)15(19)20-11-14(21-17(4,5)6)12-8-7-9-13(18)10-12/h7-10,14H,11H2,1-6H3. The molecule has 0 saturated carbocycles. The number of ether oxygens (including phenoxy) is 2. The van der Waals surface area contributed by atoms with E-state index >= 15 is 0 Å². The fourth-order valence-corrected chi connectivity index (χ4v) is 1.90. The van der Waals surface area contributed by atoms with Gasteiger partial charge in [0.1, 0.15) is 12.7 Å². The molecule has 1 aromatic rings. The summed E-state index contributed by atoms with van der Waals surface area (Å²) in [5, 5.41) is 0.636. The predicted octanol–water partition coefficient (Wildman–Crippen LogP) is 4.79. The second-order valence-electron chi connectivity index (χ2n) is 7.12. The molecule has 118 valence electrons. The van der Waals surface area contributed by atoms with E-state index in [9.17, 15) is 4.79 Å². The van der Waals surface area contributed by atoms with Crippen LogP contribution in [0.1, 0.15) is 53.2 Å². The topological polar surface area (TPSA) is 35.5 Å². The first-order chi connectivity index (χ1) is 9.49. The molecule has 1 aromatic carbocycles. The third kappa shape index (κ3) is 6.49. The van der Waals surface area contributed by atoms with Gasteiger partial charge in [-0.1, -0.05) is 23.7 Å². The fourth-order valence-electron chi connectivity index (χ4n) is 1.70. The summed E-state index contributed by atoms with van der Waals surface area (Å²) in [7, 11) is 0. The number of rotatable bonds is 4. The molecule has 0 saturated heterocycles. The summed E-state index contributed by atoms with van der Waals surface area (Å²) in [6.45, 7) is 11.6. The highest BCUT2D eigenvalue weighted by molar-refractivity contribution is 6.30. The lowest BCUT2D eigenvalue weighted by Crippen LogP contribution is -2.29. The fraction of sp³-hybridized carbons (Fsp3) is 0.588. The third-order valence-corrected chi connectivity index (χ3v) is 2.93. The van der Waals surface area contributed by atoms with Crippen molar-refractivity contribution in [2.24, 2.45) is 5.41 Å². The molecule has 0 heterocycles. The van der Waals surface area contributed by atoms with E-state index in [1.165, 1.54) is 0 Å². The van der Waals surface area contributed by atoms with Crippen molar-refractivity contribution >= 4 is 17.6 Å². The summed E-state index contributed by atoms with van der Waals surface area (Å²) >= 11 is 6.03. The molecule has 1 atom stereocenters. The zero-order valence-corrected chi connectivity index (χ0v) is 14.5. The van der Waals surface area contributed by atoms with Crippen molar-refractivity contribution in [1.29, 1.82) is 0 Å². The maximum atomic E-state index is 11.9. The molecule has 1 rings (SSSR count). The Kier molecular flexibility index (Phi) is 5.83. The summed E-state index contributed by atoms with van der Waals surface area (Å²) in [5.41, 5.74) is 0.0287. The highest BCUT2D eigenvalue weighted by Gasteiger charge is 2.27. The Morgan fingerprint density at radius 2 is 1.81 bits per heavy atom. The van der Waals surface area contributed by atoms with Gasteiger partial charge in [0.05, 0.1) is 11.0 Å². The maximum absolute atomic E-state index is 11.9. The number of carbonyl (C=O) groups excluding carboxylic acids is 1. The maximum Gasteiger partial charge on any atom is 0.311 e. The van der Waals surface area contributed by atoms with Gasteiger partial charge in [-0.25, -0.2) is 0 Å². The lowest BCUT2D eigenvalue weighted by Gasteiger charge is -2.28. The van der Waals surface area contributed by atoms with E-state index in [1.807, 2.05) is 59.7 Å². The molecule has 0 aliphatic carbocycles. The molecule has 0 spiro atoms. The van der Waals surface area contributed by atoms with Gasteiger partial charge < -0.3 is 9.47 Å². The third-order valence-electron chi connectivity index (χ3n) is 2.69. The van der Waals surface area contributed by atoms with Crippen LogP contribution >= 0.6 is 11.6 Å². The highest BCUT2D eigenvalue weighted by Crippen LogP contribution is 2.27. The van der Waals surface area contributed by atoms with Crippen molar-refractivity contribution in [2.45, 2.75) is 53.2 Å². The predicted molar refractivity (Wildman–Crippen MR) is 85.4 cm³/mol. The molecule has 0 radical (unpaired) electrons. The van der Waals surface area contributed by atoms with Crippen LogP contribution in [0.15, 0.2) is 24.3 Å². The smallest absolute Gasteiger partial charge is 0.311 e. The first kappa shape index (κ1) is 18.0. The van der Waals surface area contributed by atoms with Crippen LogP contribution in [0, 0.1) is 5.41 Å². The lowest BCUT2D eigenvalue weighted by molar-refractivity contribution is -0.162. The number of benzene rings is 1. The number of esters is 1. The van der Waals surface area contributed by atoms with Crippen LogP contribution in [0.3, 0.4) is 0 Å². The lowest BCUT2D eigenvalue weighted by atomic mass is 9.97. The van der Waals surface area contributed by atoms with E-state index in [0.717, 1.165) is 5.56 Å². The van der Waals surface area contributed by atoms with Crippen molar-refractivity contribution in [3.05, 3.63) is 34.9 Å². The van der Waals surface area contributed by atoms with Gasteiger partial charge in [0.2, 0.25) is 0 Å². The molecule has 0 bridgehead atoms. The second kappa shape index (κ2) is 6.80. The highest BCUT2D eigenvalue weighted by atomic mass is 35.5. The van der Waals surface area contributed by atoms with Gasteiger partial charge >= 0.3 is 5.97 Å². The van der Waals surface area contributed by atoms with Crippen molar-refractivity contribution in [3.63, 3.8) is 0 Å². The SMILES string of the molecule is CC(C)(C)OC(COC(=O)C(C)(C)C)c1cccc(Cl)c1. The Balaban J connectivity index is 2.86. The van der Waals surface area contributed by atoms with Gasteiger partial charge in [-0.2, -0.15) is 0 Å². The van der Waals surface area contributed by atoms with Gasteiger partial charge in [0.15, 0.2) is 0 Å². The van der Waals surface area contributed by atoms with Gasteiger partial charge in [-0.05, 0) is 59.2 Å². The first-order valence-corrected chi connectivity index (χ1v) is 7.47. The number of halogens is 1. The van der Waals surface area contributed by atoms with Crippen molar-refractivity contribution < 1.29 is 14.3 Å². The van der Waals surface area contributed by atoms with Gasteiger partial charge in [0, 0.05) is 5.02 Å². The molecule has 4 heteroatoms. The molecule has 0 aliphatic rings. The number of carbonyl (C=O) groups is 1.